The van der Waals surface area contributed by atoms with Crippen molar-refractivity contribution in [1.29, 1.82) is 0 Å². The lowest BCUT2D eigenvalue weighted by molar-refractivity contribution is 0.330. The molecule has 1 aromatic rings. The number of benzene rings is 1. The van der Waals surface area contributed by atoms with Crippen LogP contribution in [-0.4, -0.2) is 19.0 Å². The predicted molar refractivity (Wildman–Crippen MR) is 63.3 cm³/mol. The summed E-state index contributed by atoms with van der Waals surface area (Å²) in [6.45, 7) is 1.58. The van der Waals surface area contributed by atoms with E-state index < -0.39 is 0 Å². The molecule has 3 heteroatoms. The average molecular weight is 266 g/mol. The van der Waals surface area contributed by atoms with Crippen LogP contribution in [0.2, 0.25) is 0 Å². The van der Waals surface area contributed by atoms with Crippen LogP contribution < -0.4 is 0 Å². The Labute approximate surface area is 97.5 Å². The van der Waals surface area contributed by atoms with E-state index in [4.69, 9.17) is 4.74 Å². The Kier molecular flexibility index (Phi) is 2.09. The van der Waals surface area contributed by atoms with Crippen molar-refractivity contribution in [2.24, 2.45) is 4.99 Å². The number of hydrogen-bond donors (Lipinski definition) is 0. The minimum Gasteiger partial charge on any atom is -0.478 e. The van der Waals surface area contributed by atoms with Crippen molar-refractivity contribution in [2.75, 3.05) is 13.2 Å². The molecular formula is C12H12BrNO. The maximum atomic E-state index is 5.61. The van der Waals surface area contributed by atoms with Gasteiger partial charge in [-0.2, -0.15) is 0 Å². The molecule has 0 unspecified atom stereocenters. The summed E-state index contributed by atoms with van der Waals surface area (Å²) >= 11 is 3.51. The molecule has 1 aliphatic heterocycles. The molecule has 0 bridgehead atoms. The van der Waals surface area contributed by atoms with Gasteiger partial charge in [-0.15, -0.1) is 0 Å². The number of halogens is 1. The second-order valence-electron chi connectivity index (χ2n) is 4.13. The SMILES string of the molecule is Brc1cccc(C2(C3=NCCO3)CC2)c1. The zero-order valence-electron chi connectivity index (χ0n) is 8.37. The largest absolute Gasteiger partial charge is 0.478 e. The van der Waals surface area contributed by atoms with Crippen LogP contribution in [0.25, 0.3) is 0 Å². The summed E-state index contributed by atoms with van der Waals surface area (Å²) < 4.78 is 6.74. The monoisotopic (exact) mass is 265 g/mol. The van der Waals surface area contributed by atoms with Crippen LogP contribution >= 0.6 is 15.9 Å². The first-order chi connectivity index (χ1) is 7.31. The third-order valence-electron chi connectivity index (χ3n) is 3.12. The maximum absolute atomic E-state index is 5.61. The van der Waals surface area contributed by atoms with E-state index in [2.05, 4.69) is 45.2 Å². The van der Waals surface area contributed by atoms with Crippen molar-refractivity contribution in [3.63, 3.8) is 0 Å². The van der Waals surface area contributed by atoms with Gasteiger partial charge < -0.3 is 4.74 Å². The number of nitrogens with zero attached hydrogens (tertiary/aromatic N) is 1. The first-order valence-corrected chi connectivity index (χ1v) is 6.04. The molecule has 0 aromatic heterocycles. The maximum Gasteiger partial charge on any atom is 0.194 e. The van der Waals surface area contributed by atoms with Gasteiger partial charge in [-0.3, -0.25) is 4.99 Å². The number of aliphatic imine (C=N–C) groups is 1. The van der Waals surface area contributed by atoms with Gasteiger partial charge in [0.1, 0.15) is 6.61 Å². The predicted octanol–water partition coefficient (Wildman–Crippen LogP) is 2.91. The van der Waals surface area contributed by atoms with Gasteiger partial charge in [-0.05, 0) is 30.5 Å². The van der Waals surface area contributed by atoms with Gasteiger partial charge in [0.05, 0.1) is 12.0 Å². The molecule has 1 fully saturated rings. The lowest BCUT2D eigenvalue weighted by atomic mass is 9.96. The van der Waals surface area contributed by atoms with Crippen molar-refractivity contribution in [3.8, 4) is 0 Å². The first kappa shape index (κ1) is 9.40. The fourth-order valence-corrected chi connectivity index (χ4v) is 2.56. The summed E-state index contributed by atoms with van der Waals surface area (Å²) in [5, 5.41) is 0. The van der Waals surface area contributed by atoms with Crippen LogP contribution in [0.3, 0.4) is 0 Å². The molecule has 0 amide bonds. The molecule has 1 aromatic carbocycles. The Bertz CT molecular complexity index is 423. The van der Waals surface area contributed by atoms with E-state index in [0.29, 0.717) is 0 Å². The van der Waals surface area contributed by atoms with E-state index in [9.17, 15) is 0 Å². The highest BCUT2D eigenvalue weighted by molar-refractivity contribution is 9.10. The Balaban J connectivity index is 1.99. The van der Waals surface area contributed by atoms with Gasteiger partial charge in [0.2, 0.25) is 0 Å². The molecule has 1 saturated carbocycles. The summed E-state index contributed by atoms with van der Waals surface area (Å²) in [5.74, 6) is 0.959. The normalized spacial score (nSPS) is 22.1. The molecule has 1 aliphatic carbocycles. The van der Waals surface area contributed by atoms with Gasteiger partial charge in [-0.1, -0.05) is 28.1 Å². The first-order valence-electron chi connectivity index (χ1n) is 5.25. The Morgan fingerprint density at radius 1 is 1.33 bits per heavy atom. The highest BCUT2D eigenvalue weighted by Gasteiger charge is 2.51. The van der Waals surface area contributed by atoms with Crippen LogP contribution in [0, 0.1) is 0 Å². The molecule has 0 saturated heterocycles. The highest BCUT2D eigenvalue weighted by Crippen LogP contribution is 2.50. The smallest absolute Gasteiger partial charge is 0.194 e. The van der Waals surface area contributed by atoms with Gasteiger partial charge in [-0.25, -0.2) is 0 Å². The van der Waals surface area contributed by atoms with E-state index in [1.54, 1.807) is 0 Å². The molecule has 0 N–H and O–H groups in total. The average Bonchev–Trinajstić information content (AvgIpc) is 2.87. The van der Waals surface area contributed by atoms with Crippen LogP contribution in [0.15, 0.2) is 33.7 Å². The van der Waals surface area contributed by atoms with Gasteiger partial charge in [0.15, 0.2) is 5.90 Å². The molecule has 1 heterocycles. The van der Waals surface area contributed by atoms with E-state index >= 15 is 0 Å². The zero-order chi connectivity index (χ0) is 10.3. The van der Waals surface area contributed by atoms with E-state index in [0.717, 1.165) is 23.5 Å². The second-order valence-corrected chi connectivity index (χ2v) is 5.04. The van der Waals surface area contributed by atoms with E-state index in [1.165, 1.54) is 18.4 Å². The van der Waals surface area contributed by atoms with E-state index in [1.807, 2.05) is 0 Å². The number of hydrogen-bond acceptors (Lipinski definition) is 2. The summed E-state index contributed by atoms with van der Waals surface area (Å²) in [6, 6.07) is 8.48. The highest BCUT2D eigenvalue weighted by atomic mass is 79.9. The van der Waals surface area contributed by atoms with Gasteiger partial charge in [0, 0.05) is 4.47 Å². The Morgan fingerprint density at radius 3 is 2.80 bits per heavy atom. The van der Waals surface area contributed by atoms with Crippen molar-refractivity contribution in [3.05, 3.63) is 34.3 Å². The summed E-state index contributed by atoms with van der Waals surface area (Å²) in [6.07, 6.45) is 2.34. The molecule has 0 radical (unpaired) electrons. The second kappa shape index (κ2) is 3.34. The lowest BCUT2D eigenvalue weighted by Crippen LogP contribution is -2.20. The number of rotatable bonds is 2. The van der Waals surface area contributed by atoms with Crippen molar-refractivity contribution >= 4 is 21.8 Å². The lowest BCUT2D eigenvalue weighted by Gasteiger charge is -2.15. The summed E-state index contributed by atoms with van der Waals surface area (Å²) in [5.41, 5.74) is 1.44. The molecule has 2 aliphatic rings. The zero-order valence-corrected chi connectivity index (χ0v) is 9.96. The Morgan fingerprint density at radius 2 is 2.20 bits per heavy atom. The van der Waals surface area contributed by atoms with E-state index in [-0.39, 0.29) is 5.41 Å². The molecule has 2 nitrogen and oxygen atoms in total. The Hall–Kier alpha value is -0.830. The van der Waals surface area contributed by atoms with Crippen LogP contribution in [0.4, 0.5) is 0 Å². The third kappa shape index (κ3) is 1.49. The van der Waals surface area contributed by atoms with Crippen LogP contribution in [-0.2, 0) is 10.2 Å². The molecule has 3 rings (SSSR count). The van der Waals surface area contributed by atoms with Crippen molar-refractivity contribution in [2.45, 2.75) is 18.3 Å². The van der Waals surface area contributed by atoms with Gasteiger partial charge in [0.25, 0.3) is 0 Å². The summed E-state index contributed by atoms with van der Waals surface area (Å²) in [4.78, 5) is 4.46. The molecule has 0 atom stereocenters. The van der Waals surface area contributed by atoms with Crippen molar-refractivity contribution < 1.29 is 4.74 Å². The standard InChI is InChI=1S/C12H12BrNO/c13-10-3-1-2-9(8-10)12(4-5-12)11-14-6-7-15-11/h1-3,8H,4-7H2. The fraction of sp³-hybridized carbons (Fsp3) is 0.417. The quantitative estimate of drug-likeness (QED) is 0.806. The third-order valence-corrected chi connectivity index (χ3v) is 3.62. The molecule has 0 spiro atoms. The van der Waals surface area contributed by atoms with Crippen LogP contribution in [0.1, 0.15) is 18.4 Å². The van der Waals surface area contributed by atoms with Crippen molar-refractivity contribution in [1.82, 2.24) is 0 Å². The fourth-order valence-electron chi connectivity index (χ4n) is 2.16. The van der Waals surface area contributed by atoms with Gasteiger partial charge >= 0.3 is 0 Å². The minimum atomic E-state index is 0.111. The molecule has 78 valence electrons. The summed E-state index contributed by atoms with van der Waals surface area (Å²) in [7, 11) is 0. The minimum absolute atomic E-state index is 0.111. The topological polar surface area (TPSA) is 21.6 Å². The van der Waals surface area contributed by atoms with Crippen LogP contribution in [0.5, 0.6) is 0 Å². The molecular weight excluding hydrogens is 254 g/mol. The molecule has 15 heavy (non-hydrogen) atoms. The number of ether oxygens (including phenoxy) is 1.